The molecule has 154 valence electrons. The Morgan fingerprint density at radius 3 is 2.60 bits per heavy atom. The van der Waals surface area contributed by atoms with Crippen molar-refractivity contribution in [2.75, 3.05) is 13.2 Å². The molecule has 0 aliphatic rings. The van der Waals surface area contributed by atoms with Crippen LogP contribution in [0.5, 0.6) is 11.5 Å². The molecule has 3 aromatic rings. The second-order valence-corrected chi connectivity index (χ2v) is 7.04. The van der Waals surface area contributed by atoms with Crippen LogP contribution in [0.15, 0.2) is 41.4 Å². The van der Waals surface area contributed by atoms with Gasteiger partial charge < -0.3 is 14.0 Å². The van der Waals surface area contributed by atoms with E-state index >= 15 is 0 Å². The number of fused-ring (bicyclic) bond motifs is 1. The number of terminal acetylenes is 1. The summed E-state index contributed by atoms with van der Waals surface area (Å²) < 4.78 is 13.4. The molecule has 30 heavy (non-hydrogen) atoms. The molecule has 8 nitrogen and oxygen atoms in total. The molecule has 0 bridgehead atoms. The summed E-state index contributed by atoms with van der Waals surface area (Å²) in [7, 11) is 0. The van der Waals surface area contributed by atoms with Crippen molar-refractivity contribution in [3.63, 3.8) is 0 Å². The number of hydrogen-bond donors (Lipinski definition) is 0. The highest BCUT2D eigenvalue weighted by Crippen LogP contribution is 2.29. The van der Waals surface area contributed by atoms with Gasteiger partial charge in [0.25, 0.3) is 11.6 Å². The zero-order valence-corrected chi connectivity index (χ0v) is 17.3. The van der Waals surface area contributed by atoms with Gasteiger partial charge >= 0.3 is 0 Å². The molecule has 3 rings (SSSR count). The average molecular weight is 425 g/mol. The van der Waals surface area contributed by atoms with Gasteiger partial charge in [0.2, 0.25) is 0 Å². The van der Waals surface area contributed by atoms with Crippen molar-refractivity contribution in [3.8, 4) is 23.8 Å². The monoisotopic (exact) mass is 425 g/mol. The van der Waals surface area contributed by atoms with Crippen molar-refractivity contribution in [2.24, 2.45) is 4.99 Å². The first-order valence-electron chi connectivity index (χ1n) is 9.18. The van der Waals surface area contributed by atoms with Crippen molar-refractivity contribution in [1.29, 1.82) is 0 Å². The highest BCUT2D eigenvalue weighted by molar-refractivity contribution is 7.16. The fourth-order valence-electron chi connectivity index (χ4n) is 2.84. The predicted molar refractivity (Wildman–Crippen MR) is 114 cm³/mol. The number of ether oxygens (including phenoxy) is 2. The number of carbonyl (C=O) groups is 1. The second kappa shape index (κ2) is 9.24. The Hall–Kier alpha value is -3.64. The van der Waals surface area contributed by atoms with Crippen molar-refractivity contribution >= 4 is 33.1 Å². The van der Waals surface area contributed by atoms with Gasteiger partial charge in [-0.3, -0.25) is 14.9 Å². The smallest absolute Gasteiger partial charge is 0.279 e. The van der Waals surface area contributed by atoms with Gasteiger partial charge in [-0.05, 0) is 38.1 Å². The second-order valence-electron chi connectivity index (χ2n) is 6.03. The molecule has 0 N–H and O–H groups in total. The van der Waals surface area contributed by atoms with Crippen LogP contribution in [0.25, 0.3) is 10.2 Å². The highest BCUT2D eigenvalue weighted by atomic mass is 32.1. The van der Waals surface area contributed by atoms with Gasteiger partial charge in [-0.2, -0.15) is 4.99 Å². The maximum absolute atomic E-state index is 12.8. The van der Waals surface area contributed by atoms with Gasteiger partial charge in [0.1, 0.15) is 0 Å². The van der Waals surface area contributed by atoms with E-state index < -0.39 is 10.8 Å². The summed E-state index contributed by atoms with van der Waals surface area (Å²) in [6, 6.07) is 9.32. The third-order valence-corrected chi connectivity index (χ3v) is 5.16. The van der Waals surface area contributed by atoms with Crippen molar-refractivity contribution in [2.45, 2.75) is 20.4 Å². The molecule has 0 unspecified atom stereocenters. The molecule has 2 aromatic carbocycles. The highest BCUT2D eigenvalue weighted by Gasteiger charge is 2.14. The van der Waals surface area contributed by atoms with E-state index in [0.29, 0.717) is 45.3 Å². The Morgan fingerprint density at radius 2 is 1.93 bits per heavy atom. The minimum absolute atomic E-state index is 0.0395. The lowest BCUT2D eigenvalue weighted by Crippen LogP contribution is -2.16. The van der Waals surface area contributed by atoms with Crippen molar-refractivity contribution in [1.82, 2.24) is 4.57 Å². The summed E-state index contributed by atoms with van der Waals surface area (Å²) in [6.45, 7) is 4.77. The van der Waals surface area contributed by atoms with E-state index in [1.54, 1.807) is 28.8 Å². The van der Waals surface area contributed by atoms with E-state index in [4.69, 9.17) is 15.9 Å². The van der Waals surface area contributed by atoms with Crippen molar-refractivity contribution in [3.05, 3.63) is 56.9 Å². The lowest BCUT2D eigenvalue weighted by atomic mass is 10.2. The van der Waals surface area contributed by atoms with Crippen LogP contribution in [0, 0.1) is 22.5 Å². The number of nitrogens with zero attached hydrogens (tertiary/aromatic N) is 3. The summed E-state index contributed by atoms with van der Waals surface area (Å²) in [5.41, 5.74) is 0.969. The first-order chi connectivity index (χ1) is 14.5. The Kier molecular flexibility index (Phi) is 6.49. The molecule has 0 aliphatic carbocycles. The van der Waals surface area contributed by atoms with Crippen LogP contribution in [-0.4, -0.2) is 28.6 Å². The number of benzene rings is 2. The maximum atomic E-state index is 12.8. The van der Waals surface area contributed by atoms with Crippen LogP contribution in [0.3, 0.4) is 0 Å². The molecule has 0 fully saturated rings. The Balaban J connectivity index is 2.08. The number of nitro groups is 1. The van der Waals surface area contributed by atoms with Gasteiger partial charge in [-0.25, -0.2) is 0 Å². The Morgan fingerprint density at radius 1 is 1.20 bits per heavy atom. The van der Waals surface area contributed by atoms with Crippen LogP contribution in [0.4, 0.5) is 5.69 Å². The van der Waals surface area contributed by atoms with Gasteiger partial charge in [-0.1, -0.05) is 17.3 Å². The van der Waals surface area contributed by atoms with Crippen LogP contribution in [-0.2, 0) is 6.54 Å². The minimum Gasteiger partial charge on any atom is -0.490 e. The number of amides is 1. The summed E-state index contributed by atoms with van der Waals surface area (Å²) in [6.07, 6.45) is 5.47. The number of non-ortho nitro benzene ring substituents is 1. The number of hydrogen-bond acceptors (Lipinski definition) is 6. The number of nitro benzene ring substituents is 1. The lowest BCUT2D eigenvalue weighted by molar-refractivity contribution is -0.384. The topological polar surface area (TPSA) is 96.0 Å². The largest absolute Gasteiger partial charge is 0.490 e. The fourth-order valence-corrected chi connectivity index (χ4v) is 3.90. The van der Waals surface area contributed by atoms with Crippen LogP contribution >= 0.6 is 11.3 Å². The normalized spacial score (nSPS) is 11.3. The molecule has 1 heterocycles. The van der Waals surface area contributed by atoms with Crippen LogP contribution < -0.4 is 14.3 Å². The quantitative estimate of drug-likeness (QED) is 0.326. The molecule has 0 radical (unpaired) electrons. The zero-order valence-electron chi connectivity index (χ0n) is 16.5. The number of thiazole rings is 1. The number of aromatic nitrogens is 1. The van der Waals surface area contributed by atoms with E-state index in [9.17, 15) is 14.9 Å². The average Bonchev–Trinajstić information content (AvgIpc) is 3.06. The molecular weight excluding hydrogens is 406 g/mol. The molecule has 9 heteroatoms. The van der Waals surface area contributed by atoms with Gasteiger partial charge in [0, 0.05) is 17.7 Å². The SMILES string of the molecule is C#CCn1c(=NC(=O)c2ccc(OCC)c(OCC)c2)sc2cc([N+](=O)[O-])ccc21. The maximum Gasteiger partial charge on any atom is 0.279 e. The molecule has 1 aromatic heterocycles. The van der Waals surface area contributed by atoms with E-state index in [1.807, 2.05) is 13.8 Å². The molecule has 0 atom stereocenters. The van der Waals surface area contributed by atoms with E-state index in [0.717, 1.165) is 11.3 Å². The van der Waals surface area contributed by atoms with E-state index in [1.165, 1.54) is 12.1 Å². The van der Waals surface area contributed by atoms with Crippen LogP contribution in [0.1, 0.15) is 24.2 Å². The van der Waals surface area contributed by atoms with Crippen LogP contribution in [0.2, 0.25) is 0 Å². The molecule has 0 saturated carbocycles. The first kappa shape index (κ1) is 21.1. The minimum atomic E-state index is -0.481. The Bertz CT molecular complexity index is 1220. The molecular formula is C21H19N3O5S. The third-order valence-electron chi connectivity index (χ3n) is 4.11. The first-order valence-corrected chi connectivity index (χ1v) is 10.00. The number of carbonyl (C=O) groups excluding carboxylic acids is 1. The molecule has 0 aliphatic heterocycles. The van der Waals surface area contributed by atoms with Gasteiger partial charge in [-0.15, -0.1) is 6.42 Å². The lowest BCUT2D eigenvalue weighted by Gasteiger charge is -2.11. The van der Waals surface area contributed by atoms with E-state index in [-0.39, 0.29) is 12.2 Å². The van der Waals surface area contributed by atoms with Gasteiger partial charge in [0.05, 0.1) is 34.9 Å². The molecule has 1 amide bonds. The van der Waals surface area contributed by atoms with Crippen molar-refractivity contribution < 1.29 is 19.2 Å². The third kappa shape index (κ3) is 4.34. The standard InChI is InChI=1S/C21H19N3O5S/c1-4-11-23-16-9-8-15(24(26)27)13-19(16)30-21(23)22-20(25)14-7-10-17(28-5-2)18(12-14)29-6-3/h1,7-10,12-13H,5-6,11H2,2-3H3. The summed E-state index contributed by atoms with van der Waals surface area (Å²) >= 11 is 1.16. The molecule has 0 saturated heterocycles. The summed E-state index contributed by atoms with van der Waals surface area (Å²) in [5, 5.41) is 11.1. The number of rotatable bonds is 7. The Labute approximate surface area is 176 Å². The van der Waals surface area contributed by atoms with E-state index in [2.05, 4.69) is 10.9 Å². The zero-order chi connectivity index (χ0) is 21.7. The van der Waals surface area contributed by atoms with Gasteiger partial charge in [0.15, 0.2) is 16.3 Å². The molecule has 0 spiro atoms. The summed E-state index contributed by atoms with van der Waals surface area (Å²) in [5.74, 6) is 3.06. The predicted octanol–water partition coefficient (Wildman–Crippen LogP) is 3.78. The fraction of sp³-hybridized carbons (Fsp3) is 0.238. The summed E-state index contributed by atoms with van der Waals surface area (Å²) in [4.78, 5) is 28.0.